The fourth-order valence-electron chi connectivity index (χ4n) is 18.7. The zero-order valence-corrected chi connectivity index (χ0v) is 66.3. The maximum Gasteiger partial charge on any atom is 0.303 e. The van der Waals surface area contributed by atoms with Gasteiger partial charge in [-0.1, -0.05) is 269 Å². The second-order valence-electron chi connectivity index (χ2n) is 31.7. The van der Waals surface area contributed by atoms with E-state index in [2.05, 4.69) is 301 Å². The van der Waals surface area contributed by atoms with Gasteiger partial charge in [-0.15, -0.1) is 20.4 Å². The summed E-state index contributed by atoms with van der Waals surface area (Å²) in [5.74, 6) is 2.04. The number of benzene rings is 9. The van der Waals surface area contributed by atoms with Gasteiger partial charge in [0.25, 0.3) is 0 Å². The summed E-state index contributed by atoms with van der Waals surface area (Å²) in [7, 11) is 0. The van der Waals surface area contributed by atoms with Gasteiger partial charge < -0.3 is 49.2 Å². The predicted octanol–water partition coefficient (Wildman–Crippen LogP) is 15.7. The van der Waals surface area contributed by atoms with Gasteiger partial charge in [-0.3, -0.25) is 19.2 Å². The van der Waals surface area contributed by atoms with Crippen molar-refractivity contribution in [3.05, 3.63) is 318 Å². The highest BCUT2D eigenvalue weighted by Crippen LogP contribution is 2.44. The number of aliphatic carboxylic acids is 1. The number of likely N-dealkylation sites (tertiary alicyclic amines) is 3. The van der Waals surface area contributed by atoms with E-state index in [0.29, 0.717) is 88.3 Å². The number of carbonyl (C=O) groups is 4. The Morgan fingerprint density at radius 1 is 0.345 bits per heavy atom. The number of aromatic nitrogens is 8. The molecule has 119 heavy (non-hydrogen) atoms. The van der Waals surface area contributed by atoms with Gasteiger partial charge in [-0.05, 0) is 160 Å². The van der Waals surface area contributed by atoms with E-state index in [0.717, 1.165) is 134 Å². The number of rotatable bonds is 28. The monoisotopic (exact) mass is 1600 g/mol. The minimum absolute atomic E-state index is 0. The van der Waals surface area contributed by atoms with Crippen LogP contribution in [0.25, 0.3) is 0 Å². The molecule has 11 aromatic rings. The number of hydrogen-bond donors (Lipinski definition) is 3. The van der Waals surface area contributed by atoms with Crippen LogP contribution < -0.4 is 14.7 Å². The van der Waals surface area contributed by atoms with Crippen molar-refractivity contribution in [3.63, 3.8) is 0 Å². The number of hydrogen-bond acceptors (Lipinski definition) is 16. The number of para-hydroxylation sites is 3. The van der Waals surface area contributed by atoms with E-state index in [1.807, 2.05) is 57.2 Å². The highest BCUT2D eigenvalue weighted by molar-refractivity contribution is 5.95. The molecule has 2 aromatic heterocycles. The summed E-state index contributed by atoms with van der Waals surface area (Å²) in [5, 5.41) is 37.6. The molecule has 0 atom stereocenters. The lowest BCUT2D eigenvalue weighted by Gasteiger charge is -2.43. The number of carboxylic acid groups (broad SMARTS) is 1. The molecule has 17 rings (SSSR count). The van der Waals surface area contributed by atoms with Crippen LogP contribution in [0.5, 0.6) is 0 Å². The lowest BCUT2D eigenvalue weighted by Crippen LogP contribution is -2.56. The van der Waals surface area contributed by atoms with Crippen LogP contribution in [0.4, 0.5) is 17.1 Å². The van der Waals surface area contributed by atoms with Gasteiger partial charge in [0.05, 0.1) is 26.6 Å². The van der Waals surface area contributed by atoms with Crippen molar-refractivity contribution in [2.24, 2.45) is 0 Å². The summed E-state index contributed by atoms with van der Waals surface area (Å²) in [5.41, 5.74) is 9.81. The Bertz CT molecular complexity index is 4700. The zero-order chi connectivity index (χ0) is 79.4. The molecule has 9 aromatic carbocycles. The summed E-state index contributed by atoms with van der Waals surface area (Å²) in [6.45, 7) is 11.6. The van der Waals surface area contributed by atoms with Crippen LogP contribution in [0.2, 0.25) is 0 Å². The minimum Gasteiger partial charge on any atom is -0.481 e. The van der Waals surface area contributed by atoms with Crippen molar-refractivity contribution in [2.45, 2.75) is 147 Å². The smallest absolute Gasteiger partial charge is 0.303 e. The van der Waals surface area contributed by atoms with E-state index in [9.17, 15) is 19.2 Å². The molecule has 0 saturated carbocycles. The van der Waals surface area contributed by atoms with Gasteiger partial charge in [0.2, 0.25) is 17.7 Å². The maximum atomic E-state index is 14.0. The number of aromatic amines is 2. The van der Waals surface area contributed by atoms with Crippen molar-refractivity contribution in [2.75, 3.05) is 107 Å². The Balaban J connectivity index is 0.000000162. The van der Waals surface area contributed by atoms with Crippen molar-refractivity contribution < 1.29 is 24.3 Å². The summed E-state index contributed by atoms with van der Waals surface area (Å²) < 4.78 is 0. The number of tetrazole rings is 2. The van der Waals surface area contributed by atoms with E-state index in [-0.39, 0.29) is 46.4 Å². The molecule has 3 spiro atoms. The summed E-state index contributed by atoms with van der Waals surface area (Å²) in [4.78, 5) is 73.0. The first-order valence-corrected chi connectivity index (χ1v) is 41.5. The number of H-pyrrole nitrogens is 2. The molecule has 22 nitrogen and oxygen atoms in total. The van der Waals surface area contributed by atoms with E-state index in [1.54, 1.807) is 0 Å². The van der Waals surface area contributed by atoms with Gasteiger partial charge in [-0.25, -0.2) is 0 Å². The third kappa shape index (κ3) is 20.5. The lowest BCUT2D eigenvalue weighted by molar-refractivity contribution is -0.137. The molecule has 0 bridgehead atoms. The van der Waals surface area contributed by atoms with E-state index < -0.39 is 22.6 Å². The van der Waals surface area contributed by atoms with Crippen LogP contribution in [0.1, 0.15) is 162 Å². The minimum atomic E-state index is -0.778. The summed E-state index contributed by atoms with van der Waals surface area (Å²) >= 11 is 0. The fraction of sp³-hybridized carbons (Fsp3) is 0.381. The zero-order valence-electron chi connectivity index (χ0n) is 66.3. The molecule has 6 aliphatic rings. The second-order valence-corrected chi connectivity index (χ2v) is 31.7. The molecule has 6 fully saturated rings. The van der Waals surface area contributed by atoms with Crippen molar-refractivity contribution in [1.82, 2.24) is 70.6 Å². The quantitative estimate of drug-likeness (QED) is 0.0387. The lowest BCUT2D eigenvalue weighted by atomic mass is 9.84. The SMILES string of the molecule is C.C.C.O=C(O)CCCCN1CN(c2ccccc2)C2(CCN(CCC(c3ccccc3)c3ccccc3)CC2)C1=O.O=C1N(CCc2nn[nH]n2)CN(c2ccccc2)C12CCN(CCC(c1ccccc1)c1ccccc1)CC2.O=C1N(Cc2nn[nH]n2)CN(c2ccccc2)C12CCN(CCC(c1ccccc1)c1ccccc1)CC2. The number of amides is 3. The average molecular weight is 1600 g/mol. The van der Waals surface area contributed by atoms with Crippen molar-refractivity contribution >= 4 is 40.8 Å². The largest absolute Gasteiger partial charge is 0.481 e. The molecule has 622 valence electrons. The van der Waals surface area contributed by atoms with Crippen LogP contribution in [-0.4, -0.2) is 208 Å². The first kappa shape index (κ1) is 86.6. The Hall–Kier alpha value is -11.7. The Kier molecular flexibility index (Phi) is 30.3. The van der Waals surface area contributed by atoms with E-state index in [4.69, 9.17) is 5.11 Å². The molecule has 0 radical (unpaired) electrons. The van der Waals surface area contributed by atoms with Crippen LogP contribution in [0.15, 0.2) is 273 Å². The first-order valence-electron chi connectivity index (χ1n) is 41.5. The number of nitrogens with one attached hydrogen (secondary N) is 2. The van der Waals surface area contributed by atoms with Gasteiger partial charge in [0, 0.05) is 100 Å². The Labute approximate surface area is 703 Å². The maximum absolute atomic E-state index is 14.0. The number of unbranched alkanes of at least 4 members (excludes halogenated alkanes) is 1. The standard InChI is InChI=1S/C33H39N3O3.C31H35N7O.C30H33N7O.3CH4/c37-31(38)18-10-11-22-35-26-36(29-16-8-3-9-17-29)33(32(35)39)20-24-34(25-21-33)23-19-30(27-12-4-1-5-13-27)28-14-6-2-7-15-28;39-30-31(38(27-14-8-3-9-15-27)24-37(30)21-17-29-32-34-35-33-29)18-22-36(23-19-31)20-16-28(25-10-4-1-5-11-25)26-12-6-2-7-13-26;38-29-30(37(26-14-8-3-9-15-26)23-36(29)22-28-31-33-34-32-28)17-20-35(21-18-30)19-16-27(24-10-4-1-5-11-24)25-12-6-2-7-13-25;;;/h1-9,12-17,30H,10-11,18-26H2,(H,37,38);1-15,28H,16-24H2,(H,32,33,34,35);1-15,27H,16-23H2,(H,31,32,33,34);3*1H4. The highest BCUT2D eigenvalue weighted by atomic mass is 16.4. The first-order chi connectivity index (χ1) is 57.0. The molecule has 0 aliphatic carbocycles. The molecule has 8 heterocycles. The molecular formula is C97H119N17O5. The van der Waals surface area contributed by atoms with Gasteiger partial charge in [0.1, 0.15) is 16.6 Å². The topological polar surface area (TPSA) is 227 Å². The number of carboxylic acids is 1. The third-order valence-electron chi connectivity index (χ3n) is 25.0. The Morgan fingerprint density at radius 2 is 0.613 bits per heavy atom. The van der Waals surface area contributed by atoms with Crippen molar-refractivity contribution in [3.8, 4) is 0 Å². The van der Waals surface area contributed by atoms with Crippen LogP contribution in [0.3, 0.4) is 0 Å². The van der Waals surface area contributed by atoms with Gasteiger partial charge >= 0.3 is 5.97 Å². The highest BCUT2D eigenvalue weighted by Gasteiger charge is 2.56. The number of anilines is 3. The normalized spacial score (nSPS) is 17.0. The van der Waals surface area contributed by atoms with Crippen LogP contribution in [0, 0.1) is 0 Å². The average Bonchev–Trinajstić information content (AvgIpc) is 1.61. The van der Waals surface area contributed by atoms with Crippen molar-refractivity contribution in [1.29, 1.82) is 0 Å². The number of carbonyl (C=O) groups excluding carboxylic acids is 3. The number of nitrogens with zero attached hydrogens (tertiary/aromatic N) is 15. The third-order valence-corrected chi connectivity index (χ3v) is 25.0. The van der Waals surface area contributed by atoms with Gasteiger partial charge in [0.15, 0.2) is 11.6 Å². The Morgan fingerprint density at radius 3 is 0.899 bits per heavy atom. The fourth-order valence-corrected chi connectivity index (χ4v) is 18.7. The molecular weight excluding hydrogens is 1480 g/mol. The predicted molar refractivity (Wildman–Crippen MR) is 472 cm³/mol. The molecule has 0 unspecified atom stereocenters. The number of piperidine rings is 3. The van der Waals surface area contributed by atoms with Crippen LogP contribution >= 0.6 is 0 Å². The second kappa shape index (κ2) is 41.6. The molecule has 3 amide bonds. The van der Waals surface area contributed by atoms with Gasteiger partial charge in [-0.2, -0.15) is 10.4 Å². The van der Waals surface area contributed by atoms with E-state index >= 15 is 0 Å². The summed E-state index contributed by atoms with van der Waals surface area (Å²) in [6.07, 6.45) is 10.0. The molecule has 22 heteroatoms. The summed E-state index contributed by atoms with van der Waals surface area (Å²) in [6, 6.07) is 95.7. The molecule has 6 saturated heterocycles. The van der Waals surface area contributed by atoms with E-state index in [1.165, 1.54) is 33.4 Å². The molecule has 6 aliphatic heterocycles. The van der Waals surface area contributed by atoms with Crippen LogP contribution in [-0.2, 0) is 32.1 Å². The molecule has 3 N–H and O–H groups in total.